The number of piperidine rings is 1. The van der Waals surface area contributed by atoms with E-state index in [1.807, 2.05) is 22.8 Å². The summed E-state index contributed by atoms with van der Waals surface area (Å²) < 4.78 is 0. The molecule has 0 aliphatic carbocycles. The maximum Gasteiger partial charge on any atom is 0.222 e. The van der Waals surface area contributed by atoms with Crippen LogP contribution in [0.15, 0.2) is 30.3 Å². The van der Waals surface area contributed by atoms with Crippen LogP contribution >= 0.6 is 0 Å². The highest BCUT2D eigenvalue weighted by atomic mass is 16.2. The highest BCUT2D eigenvalue weighted by Crippen LogP contribution is 2.45. The molecule has 2 atom stereocenters. The molecule has 1 aromatic rings. The summed E-state index contributed by atoms with van der Waals surface area (Å²) in [7, 11) is 0. The Morgan fingerprint density at radius 3 is 2.50 bits per heavy atom. The summed E-state index contributed by atoms with van der Waals surface area (Å²) in [5, 5.41) is 0. The van der Waals surface area contributed by atoms with Gasteiger partial charge in [-0.2, -0.15) is 0 Å². The van der Waals surface area contributed by atoms with Crippen molar-refractivity contribution in [3.05, 3.63) is 35.9 Å². The summed E-state index contributed by atoms with van der Waals surface area (Å²) >= 11 is 0. The molecule has 1 aromatic carbocycles. The van der Waals surface area contributed by atoms with Crippen LogP contribution in [0.4, 0.5) is 0 Å². The fourth-order valence-electron chi connectivity index (χ4n) is 4.22. The maximum atomic E-state index is 12.1. The molecular formula is C18H24N2O2. The van der Waals surface area contributed by atoms with E-state index in [0.717, 1.165) is 25.9 Å². The number of fused-ring (bicyclic) bond motifs is 1. The predicted octanol–water partition coefficient (Wildman–Crippen LogP) is 2.19. The Balaban J connectivity index is 1.96. The Bertz CT molecular complexity index is 572. The van der Waals surface area contributed by atoms with E-state index in [0.29, 0.717) is 13.0 Å². The van der Waals surface area contributed by atoms with E-state index in [1.165, 1.54) is 5.56 Å². The van der Waals surface area contributed by atoms with Gasteiger partial charge in [-0.3, -0.25) is 9.59 Å². The summed E-state index contributed by atoms with van der Waals surface area (Å²) in [5.41, 5.74) is 1.32. The topological polar surface area (TPSA) is 40.6 Å². The van der Waals surface area contributed by atoms with Crippen LogP contribution in [-0.4, -0.2) is 47.3 Å². The van der Waals surface area contributed by atoms with E-state index in [1.54, 1.807) is 6.92 Å². The number of likely N-dealkylation sites (tertiary alicyclic amines) is 2. The van der Waals surface area contributed by atoms with Crippen molar-refractivity contribution in [2.45, 2.75) is 44.6 Å². The van der Waals surface area contributed by atoms with Gasteiger partial charge in [-0.15, -0.1) is 0 Å². The molecule has 4 nitrogen and oxygen atoms in total. The first kappa shape index (κ1) is 15.1. The fraction of sp³-hybridized carbons (Fsp3) is 0.556. The number of benzene rings is 1. The summed E-state index contributed by atoms with van der Waals surface area (Å²) in [6, 6.07) is 10.6. The van der Waals surface area contributed by atoms with Gasteiger partial charge in [0.15, 0.2) is 0 Å². The number of hydrogen-bond acceptors (Lipinski definition) is 2. The third-order valence-electron chi connectivity index (χ3n) is 5.44. The lowest BCUT2D eigenvalue weighted by molar-refractivity contribution is -0.138. The van der Waals surface area contributed by atoms with E-state index in [2.05, 4.69) is 24.3 Å². The van der Waals surface area contributed by atoms with Crippen molar-refractivity contribution in [1.82, 2.24) is 9.80 Å². The Kier molecular flexibility index (Phi) is 3.94. The van der Waals surface area contributed by atoms with Gasteiger partial charge in [0.1, 0.15) is 0 Å². The molecule has 22 heavy (non-hydrogen) atoms. The molecule has 2 aliphatic rings. The third kappa shape index (κ3) is 2.31. The molecule has 0 bridgehead atoms. The van der Waals surface area contributed by atoms with E-state index < -0.39 is 0 Å². The van der Waals surface area contributed by atoms with E-state index in [4.69, 9.17) is 0 Å². The van der Waals surface area contributed by atoms with Crippen LogP contribution in [0.1, 0.15) is 38.7 Å². The van der Waals surface area contributed by atoms with Crippen molar-refractivity contribution in [1.29, 1.82) is 0 Å². The second-order valence-corrected chi connectivity index (χ2v) is 6.44. The Hall–Kier alpha value is -1.84. The quantitative estimate of drug-likeness (QED) is 0.840. The smallest absolute Gasteiger partial charge is 0.222 e. The van der Waals surface area contributed by atoms with Gasteiger partial charge in [-0.1, -0.05) is 37.3 Å². The normalized spacial score (nSPS) is 27.6. The Labute approximate surface area is 132 Å². The monoisotopic (exact) mass is 300 g/mol. The van der Waals surface area contributed by atoms with Gasteiger partial charge < -0.3 is 9.80 Å². The number of carbonyl (C=O) groups excluding carboxylic acids is 2. The van der Waals surface area contributed by atoms with Crippen LogP contribution in [-0.2, 0) is 15.0 Å². The predicted molar refractivity (Wildman–Crippen MR) is 85.4 cm³/mol. The Morgan fingerprint density at radius 2 is 1.86 bits per heavy atom. The van der Waals surface area contributed by atoms with Crippen LogP contribution in [0, 0.1) is 0 Å². The van der Waals surface area contributed by atoms with Crippen molar-refractivity contribution >= 4 is 11.8 Å². The molecule has 0 spiro atoms. The van der Waals surface area contributed by atoms with Crippen LogP contribution in [0.25, 0.3) is 0 Å². The van der Waals surface area contributed by atoms with Gasteiger partial charge in [0, 0.05) is 38.4 Å². The van der Waals surface area contributed by atoms with Crippen LogP contribution in [0.2, 0.25) is 0 Å². The SMILES string of the molecule is CCC(=O)N1CC[C@]2(c3ccccc3)CCN(C(C)=O)[C@H]2C1. The van der Waals surface area contributed by atoms with Crippen molar-refractivity contribution in [3.8, 4) is 0 Å². The van der Waals surface area contributed by atoms with Gasteiger partial charge in [0.05, 0.1) is 6.04 Å². The molecule has 2 amide bonds. The van der Waals surface area contributed by atoms with Gasteiger partial charge >= 0.3 is 0 Å². The third-order valence-corrected chi connectivity index (χ3v) is 5.44. The molecular weight excluding hydrogens is 276 g/mol. The van der Waals surface area contributed by atoms with Gasteiger partial charge in [0.25, 0.3) is 0 Å². The molecule has 0 unspecified atom stereocenters. The number of rotatable bonds is 2. The van der Waals surface area contributed by atoms with Gasteiger partial charge in [0.2, 0.25) is 11.8 Å². The average molecular weight is 300 g/mol. The van der Waals surface area contributed by atoms with E-state index in [9.17, 15) is 9.59 Å². The second-order valence-electron chi connectivity index (χ2n) is 6.44. The second kappa shape index (κ2) is 5.75. The minimum atomic E-state index is 0.0114. The van der Waals surface area contributed by atoms with Crippen LogP contribution in [0.5, 0.6) is 0 Å². The molecule has 0 saturated carbocycles. The zero-order chi connectivity index (χ0) is 15.7. The molecule has 3 rings (SSSR count). The van der Waals surface area contributed by atoms with Crippen molar-refractivity contribution in [2.75, 3.05) is 19.6 Å². The van der Waals surface area contributed by atoms with Crippen molar-refractivity contribution < 1.29 is 9.59 Å². The molecule has 2 fully saturated rings. The van der Waals surface area contributed by atoms with Gasteiger partial charge in [-0.25, -0.2) is 0 Å². The number of hydrogen-bond donors (Lipinski definition) is 0. The fourth-order valence-corrected chi connectivity index (χ4v) is 4.22. The lowest BCUT2D eigenvalue weighted by Crippen LogP contribution is -2.57. The maximum absolute atomic E-state index is 12.1. The molecule has 0 aromatic heterocycles. The van der Waals surface area contributed by atoms with Crippen molar-refractivity contribution in [2.24, 2.45) is 0 Å². The average Bonchev–Trinajstić information content (AvgIpc) is 2.95. The van der Waals surface area contributed by atoms with E-state index >= 15 is 0 Å². The molecule has 118 valence electrons. The minimum absolute atomic E-state index is 0.0114. The molecule has 2 aliphatic heterocycles. The zero-order valence-electron chi connectivity index (χ0n) is 13.4. The molecule has 4 heteroatoms. The first-order chi connectivity index (χ1) is 10.6. The molecule has 0 N–H and O–H groups in total. The van der Waals surface area contributed by atoms with Crippen molar-refractivity contribution in [3.63, 3.8) is 0 Å². The van der Waals surface area contributed by atoms with Crippen LogP contribution < -0.4 is 0 Å². The molecule has 0 radical (unpaired) electrons. The lowest BCUT2D eigenvalue weighted by Gasteiger charge is -2.46. The lowest BCUT2D eigenvalue weighted by atomic mass is 9.69. The van der Waals surface area contributed by atoms with Crippen LogP contribution in [0.3, 0.4) is 0 Å². The minimum Gasteiger partial charge on any atom is -0.341 e. The zero-order valence-corrected chi connectivity index (χ0v) is 13.4. The highest BCUT2D eigenvalue weighted by molar-refractivity contribution is 5.77. The summed E-state index contributed by atoms with van der Waals surface area (Å²) in [6.07, 6.45) is 2.47. The summed E-state index contributed by atoms with van der Waals surface area (Å²) in [5.74, 6) is 0.311. The standard InChI is InChI=1S/C18H24N2O2/c1-3-17(22)19-11-9-18(15-7-5-4-6-8-15)10-12-20(14(2)21)16(18)13-19/h4-8,16H,3,9-13H2,1-2H3/t16-,18+/m0/s1. The number of carbonyl (C=O) groups is 2. The number of nitrogens with zero attached hydrogens (tertiary/aromatic N) is 2. The van der Waals surface area contributed by atoms with Gasteiger partial charge in [-0.05, 0) is 18.4 Å². The first-order valence-electron chi connectivity index (χ1n) is 8.19. The largest absolute Gasteiger partial charge is 0.341 e. The molecule has 2 saturated heterocycles. The summed E-state index contributed by atoms with van der Waals surface area (Å²) in [6.45, 7) is 5.80. The number of amides is 2. The molecule has 2 heterocycles. The summed E-state index contributed by atoms with van der Waals surface area (Å²) in [4.78, 5) is 28.1. The highest BCUT2D eigenvalue weighted by Gasteiger charge is 2.52. The first-order valence-corrected chi connectivity index (χ1v) is 8.19. The van der Waals surface area contributed by atoms with E-state index in [-0.39, 0.29) is 23.3 Å². The Morgan fingerprint density at radius 1 is 1.18 bits per heavy atom.